The highest BCUT2D eigenvalue weighted by Gasteiger charge is 2.51. The third-order valence-corrected chi connectivity index (χ3v) is 12.4. The smallest absolute Gasteiger partial charge is 0.407 e. The molecule has 58 heavy (non-hydrogen) atoms. The van der Waals surface area contributed by atoms with Gasteiger partial charge in [0.15, 0.2) is 0 Å². The van der Waals surface area contributed by atoms with Crippen molar-refractivity contribution in [2.45, 2.75) is 90.0 Å². The number of aromatic amines is 2. The van der Waals surface area contributed by atoms with Gasteiger partial charge in [0.2, 0.25) is 11.8 Å². The van der Waals surface area contributed by atoms with Crippen LogP contribution in [-0.2, 0) is 19.1 Å². The molecule has 0 spiro atoms. The minimum atomic E-state index is -0.692. The number of alkyl carbamates (subject to hydrolysis) is 2. The molecule has 4 amide bonds. The number of carbonyl (C=O) groups excluding carboxylic acids is 4. The van der Waals surface area contributed by atoms with E-state index in [1.54, 1.807) is 0 Å². The number of nitrogens with zero attached hydrogens (tertiary/aromatic N) is 4. The maximum atomic E-state index is 14.0. The Morgan fingerprint density at radius 3 is 1.84 bits per heavy atom. The molecule has 14 nitrogen and oxygen atoms in total. The second-order valence-electron chi connectivity index (χ2n) is 16.6. The van der Waals surface area contributed by atoms with Gasteiger partial charge in [-0.15, -0.1) is 0 Å². The number of likely N-dealkylation sites (tertiary alicyclic amines) is 2. The molecule has 1 unspecified atom stereocenters. The standard InChI is InChI=1S/C44H52N8O6/c1-23(2)36(49-43(55)57-5)41(53)51-17-7-8-35(51)39-45-21-33(47-39)27-12-15-31-25(18-27)9-10-26-19-28(13-16-32(26)31)34-22-46-40(48-34)38-29-11-14-30(20-29)52(38)42(54)37(24(3)4)50-44(56)58-6/h9-10,12-13,15-16,18-19,21-24,29-30,35-38H,7-8,11,14,17,20H2,1-6H3,(H,45,47)(H,46,48)(H,49,55)(H,50,56)/t29-,30+,35-,36?,37-,38-/m0/s1. The first kappa shape index (κ1) is 38.9. The molecule has 4 heterocycles. The number of carbonyl (C=O) groups is 4. The minimum absolute atomic E-state index is 0.0946. The van der Waals surface area contributed by atoms with E-state index in [1.807, 2.05) is 49.9 Å². The number of aromatic nitrogens is 4. The number of methoxy groups -OCH3 is 2. The lowest BCUT2D eigenvalue weighted by molar-refractivity contribution is -0.139. The number of ether oxygens (including phenoxy) is 2. The van der Waals surface area contributed by atoms with Crippen LogP contribution in [0.2, 0.25) is 0 Å². The summed E-state index contributed by atoms with van der Waals surface area (Å²) in [7, 11) is 2.60. The van der Waals surface area contributed by atoms with Crippen LogP contribution >= 0.6 is 0 Å². The summed E-state index contributed by atoms with van der Waals surface area (Å²) in [5, 5.41) is 9.90. The number of piperidine rings is 1. The zero-order valence-electron chi connectivity index (χ0n) is 33.9. The van der Waals surface area contributed by atoms with Crippen LogP contribution in [-0.4, -0.2) is 92.6 Å². The predicted octanol–water partition coefficient (Wildman–Crippen LogP) is 7.25. The van der Waals surface area contributed by atoms with Gasteiger partial charge in [-0.25, -0.2) is 19.6 Å². The summed E-state index contributed by atoms with van der Waals surface area (Å²) in [5.74, 6) is 1.36. The van der Waals surface area contributed by atoms with Crippen molar-refractivity contribution in [3.63, 3.8) is 0 Å². The molecule has 2 saturated heterocycles. The minimum Gasteiger partial charge on any atom is -0.453 e. The van der Waals surface area contributed by atoms with Crippen molar-refractivity contribution in [2.24, 2.45) is 17.8 Å². The molecule has 5 aromatic rings. The van der Waals surface area contributed by atoms with Gasteiger partial charge in [-0.3, -0.25) is 9.59 Å². The highest BCUT2D eigenvalue weighted by molar-refractivity contribution is 6.09. The number of nitrogens with one attached hydrogen (secondary N) is 4. The second-order valence-corrected chi connectivity index (χ2v) is 16.6. The fourth-order valence-corrected chi connectivity index (χ4v) is 9.40. The molecule has 1 saturated carbocycles. The Morgan fingerprint density at radius 2 is 1.28 bits per heavy atom. The van der Waals surface area contributed by atoms with Crippen molar-refractivity contribution >= 4 is 45.5 Å². The Hall–Kier alpha value is -5.92. The Morgan fingerprint density at radius 1 is 0.724 bits per heavy atom. The van der Waals surface area contributed by atoms with Crippen LogP contribution < -0.4 is 10.6 Å². The largest absolute Gasteiger partial charge is 0.453 e. The number of benzene rings is 3. The molecule has 8 rings (SSSR count). The fourth-order valence-electron chi connectivity index (χ4n) is 9.40. The van der Waals surface area contributed by atoms with Gasteiger partial charge < -0.3 is 39.9 Å². The lowest BCUT2D eigenvalue weighted by Gasteiger charge is -2.37. The summed E-state index contributed by atoms with van der Waals surface area (Å²) in [6.45, 7) is 8.26. The van der Waals surface area contributed by atoms with Crippen molar-refractivity contribution < 1.29 is 28.7 Å². The quantitative estimate of drug-likeness (QED) is 0.107. The molecule has 3 fully saturated rings. The van der Waals surface area contributed by atoms with E-state index >= 15 is 0 Å². The molecular weight excluding hydrogens is 737 g/mol. The molecule has 4 N–H and O–H groups in total. The molecule has 2 bridgehead atoms. The van der Waals surface area contributed by atoms with Crippen LogP contribution in [0.1, 0.15) is 83.5 Å². The topological polar surface area (TPSA) is 175 Å². The summed E-state index contributed by atoms with van der Waals surface area (Å²) in [6, 6.07) is 15.4. The van der Waals surface area contributed by atoms with Gasteiger partial charge in [0.25, 0.3) is 0 Å². The van der Waals surface area contributed by atoms with Crippen molar-refractivity contribution in [1.29, 1.82) is 0 Å². The molecule has 0 radical (unpaired) electrons. The Labute approximate surface area is 337 Å². The molecule has 6 atom stereocenters. The van der Waals surface area contributed by atoms with Crippen molar-refractivity contribution in [3.05, 3.63) is 72.6 Å². The molecular formula is C44H52N8O6. The van der Waals surface area contributed by atoms with Gasteiger partial charge in [-0.2, -0.15) is 0 Å². The van der Waals surface area contributed by atoms with E-state index in [9.17, 15) is 19.2 Å². The monoisotopic (exact) mass is 788 g/mol. The van der Waals surface area contributed by atoms with Gasteiger partial charge in [0.05, 0.1) is 50.1 Å². The molecule has 1 aliphatic carbocycles. The zero-order valence-corrected chi connectivity index (χ0v) is 33.9. The van der Waals surface area contributed by atoms with Crippen LogP contribution in [0.4, 0.5) is 9.59 Å². The predicted molar refractivity (Wildman–Crippen MR) is 219 cm³/mol. The van der Waals surface area contributed by atoms with Crippen molar-refractivity contribution in [2.75, 3.05) is 20.8 Å². The van der Waals surface area contributed by atoms with Crippen LogP contribution in [0.3, 0.4) is 0 Å². The third kappa shape index (κ3) is 7.13. The lowest BCUT2D eigenvalue weighted by Crippen LogP contribution is -2.54. The van der Waals surface area contributed by atoms with Crippen molar-refractivity contribution in [1.82, 2.24) is 40.4 Å². The molecule has 14 heteroatoms. The van der Waals surface area contributed by atoms with Crippen LogP contribution in [0.5, 0.6) is 0 Å². The third-order valence-electron chi connectivity index (χ3n) is 12.4. The fraction of sp³-hybridized carbons (Fsp3) is 0.455. The van der Waals surface area contributed by atoms with E-state index in [0.717, 1.165) is 87.8 Å². The van der Waals surface area contributed by atoms with Gasteiger partial charge in [0, 0.05) is 23.7 Å². The highest BCUT2D eigenvalue weighted by atomic mass is 16.5. The molecule has 2 aromatic heterocycles. The van der Waals surface area contributed by atoms with E-state index < -0.39 is 24.3 Å². The number of imidazole rings is 2. The first-order valence-electron chi connectivity index (χ1n) is 20.3. The van der Waals surface area contributed by atoms with Gasteiger partial charge >= 0.3 is 12.2 Å². The van der Waals surface area contributed by atoms with E-state index in [4.69, 9.17) is 19.4 Å². The normalized spacial score (nSPS) is 21.2. The van der Waals surface area contributed by atoms with E-state index in [-0.39, 0.29) is 41.8 Å². The molecule has 2 aliphatic heterocycles. The number of fused-ring (bicyclic) bond motifs is 5. The number of H-pyrrole nitrogens is 2. The maximum absolute atomic E-state index is 14.0. The number of hydrogen-bond acceptors (Lipinski definition) is 8. The number of amides is 4. The Bertz CT molecular complexity index is 2370. The highest BCUT2D eigenvalue weighted by Crippen LogP contribution is 2.50. The summed E-state index contributed by atoms with van der Waals surface area (Å²) in [4.78, 5) is 72.1. The van der Waals surface area contributed by atoms with Crippen LogP contribution in [0, 0.1) is 17.8 Å². The average molecular weight is 789 g/mol. The van der Waals surface area contributed by atoms with Gasteiger partial charge in [0.1, 0.15) is 23.7 Å². The Kier molecular flexibility index (Phi) is 10.6. The lowest BCUT2D eigenvalue weighted by atomic mass is 9.95. The number of rotatable bonds is 10. The van der Waals surface area contributed by atoms with E-state index in [1.165, 1.54) is 14.2 Å². The van der Waals surface area contributed by atoms with Gasteiger partial charge in [-0.1, -0.05) is 64.1 Å². The Balaban J connectivity index is 1.01. The molecule has 304 valence electrons. The zero-order chi connectivity index (χ0) is 40.8. The summed E-state index contributed by atoms with van der Waals surface area (Å²) in [5.41, 5.74) is 3.74. The first-order chi connectivity index (χ1) is 27.9. The van der Waals surface area contributed by atoms with E-state index in [0.29, 0.717) is 12.5 Å². The molecule has 3 aliphatic rings. The van der Waals surface area contributed by atoms with Crippen molar-refractivity contribution in [3.8, 4) is 22.5 Å². The summed E-state index contributed by atoms with van der Waals surface area (Å²) >= 11 is 0. The second kappa shape index (κ2) is 15.8. The summed E-state index contributed by atoms with van der Waals surface area (Å²) in [6.07, 6.45) is 6.98. The summed E-state index contributed by atoms with van der Waals surface area (Å²) < 4.78 is 9.60. The maximum Gasteiger partial charge on any atom is 0.407 e. The van der Waals surface area contributed by atoms with Crippen LogP contribution in [0.15, 0.2) is 60.9 Å². The first-order valence-corrected chi connectivity index (χ1v) is 20.3. The average Bonchev–Trinajstić information content (AvgIpc) is 4.09. The van der Waals surface area contributed by atoms with Crippen LogP contribution in [0.25, 0.3) is 44.1 Å². The van der Waals surface area contributed by atoms with E-state index in [2.05, 4.69) is 69.1 Å². The molecule has 3 aromatic carbocycles. The number of hydrogen-bond donors (Lipinski definition) is 4. The SMILES string of the molecule is COC(=O)NC(C(=O)N1CCC[C@H]1c1ncc(-c2ccc3c(ccc4cc(-c5cnc([C@@H]6[C@H]7CC[C@H](C7)N6C(=O)[C@@H](NC(=O)OC)C(C)C)[nH]5)ccc43)c2)[nH]1)C(C)C. The van der Waals surface area contributed by atoms with Gasteiger partial charge in [-0.05, 0) is 83.5 Å².